The van der Waals surface area contributed by atoms with E-state index in [-0.39, 0.29) is 28.5 Å². The number of aliphatic hydroxyl groups is 1. The maximum Gasteiger partial charge on any atom is 0.328 e. The van der Waals surface area contributed by atoms with Crippen LogP contribution in [0, 0.1) is 5.92 Å². The minimum atomic E-state index is -3.73. The first kappa shape index (κ1) is 32.2. The van der Waals surface area contributed by atoms with Crippen molar-refractivity contribution in [1.29, 1.82) is 0 Å². The van der Waals surface area contributed by atoms with Crippen molar-refractivity contribution in [3.05, 3.63) is 77.4 Å². The Balaban J connectivity index is 0.000000444. The van der Waals surface area contributed by atoms with Crippen molar-refractivity contribution in [2.75, 3.05) is 13.7 Å². The van der Waals surface area contributed by atoms with E-state index in [0.717, 1.165) is 54.3 Å². The minimum Gasteiger partial charge on any atom is -0.493 e. The quantitative estimate of drug-likeness (QED) is 0.207. The molecule has 4 unspecified atom stereocenters. The molecule has 2 aromatic carbocycles. The highest BCUT2D eigenvalue weighted by molar-refractivity contribution is 7.90. The number of unbranched alkanes of at least 4 members (excludes halogenated alkanes) is 2. The number of carbonyl (C=O) groups excluding carboxylic acids is 1. The molecule has 3 N–H and O–H groups in total. The topological polar surface area (TPSA) is 168 Å². The van der Waals surface area contributed by atoms with Crippen molar-refractivity contribution in [2.24, 2.45) is 5.92 Å². The number of benzene rings is 2. The predicted octanol–water partition coefficient (Wildman–Crippen LogP) is 4.08. The molecule has 1 spiro atoms. The van der Waals surface area contributed by atoms with Crippen LogP contribution in [0.15, 0.2) is 65.6 Å². The summed E-state index contributed by atoms with van der Waals surface area (Å²) in [5.74, 6) is -0.826. The van der Waals surface area contributed by atoms with Crippen LogP contribution in [0.25, 0.3) is 0 Å². The summed E-state index contributed by atoms with van der Waals surface area (Å²) in [5.41, 5.74) is 2.60. The summed E-state index contributed by atoms with van der Waals surface area (Å²) >= 11 is 0. The maximum absolute atomic E-state index is 12.8. The number of carbonyl (C=O) groups is 3. The number of nitrogens with zero attached hydrogens (tertiary/aromatic N) is 1. The van der Waals surface area contributed by atoms with E-state index in [0.29, 0.717) is 30.9 Å². The number of sulfonamides is 1. The van der Waals surface area contributed by atoms with Crippen LogP contribution < -0.4 is 9.47 Å². The third-order valence-electron chi connectivity index (χ3n) is 9.03. The summed E-state index contributed by atoms with van der Waals surface area (Å²) in [6.07, 6.45) is 11.8. The highest BCUT2D eigenvalue weighted by atomic mass is 32.2. The lowest BCUT2D eigenvalue weighted by Crippen LogP contribution is -2.41. The number of hydrogen-bond donors (Lipinski definition) is 3. The van der Waals surface area contributed by atoms with Crippen molar-refractivity contribution >= 4 is 27.9 Å². The first-order chi connectivity index (χ1) is 21.5. The van der Waals surface area contributed by atoms with E-state index in [4.69, 9.17) is 19.7 Å². The van der Waals surface area contributed by atoms with Crippen LogP contribution in [0.5, 0.6) is 11.5 Å². The number of methoxy groups -OCH3 is 1. The molecule has 12 heteroatoms. The van der Waals surface area contributed by atoms with E-state index in [1.807, 2.05) is 12.1 Å². The van der Waals surface area contributed by atoms with Gasteiger partial charge < -0.3 is 24.8 Å². The van der Waals surface area contributed by atoms with Gasteiger partial charge in [0.1, 0.15) is 11.0 Å². The fraction of sp³-hybridized carbons (Fsp3) is 0.424. The molecule has 4 atom stereocenters. The molecule has 0 saturated carbocycles. The second-order valence-electron chi connectivity index (χ2n) is 11.8. The number of aliphatic carboxylic acids is 2. The van der Waals surface area contributed by atoms with Gasteiger partial charge in [0.25, 0.3) is 15.9 Å². The molecule has 0 radical (unpaired) electrons. The van der Waals surface area contributed by atoms with Crippen LogP contribution in [0.2, 0.25) is 0 Å². The van der Waals surface area contributed by atoms with E-state index in [1.165, 1.54) is 17.2 Å². The second-order valence-corrected chi connectivity index (χ2v) is 13.6. The van der Waals surface area contributed by atoms with Gasteiger partial charge in [-0.1, -0.05) is 49.6 Å². The number of rotatable bonds is 9. The lowest BCUT2D eigenvalue weighted by atomic mass is 9.69. The van der Waals surface area contributed by atoms with Crippen molar-refractivity contribution in [1.82, 2.24) is 4.31 Å². The van der Waals surface area contributed by atoms with Crippen molar-refractivity contribution in [2.45, 2.75) is 73.9 Å². The van der Waals surface area contributed by atoms with Crippen LogP contribution >= 0.6 is 0 Å². The zero-order valence-electron chi connectivity index (χ0n) is 24.9. The molecule has 0 bridgehead atoms. The summed E-state index contributed by atoms with van der Waals surface area (Å²) in [4.78, 5) is 31.9. The van der Waals surface area contributed by atoms with Crippen molar-refractivity contribution in [3.8, 4) is 11.5 Å². The number of amides is 1. The minimum absolute atomic E-state index is 0.0830. The van der Waals surface area contributed by atoms with Crippen LogP contribution in [0.4, 0.5) is 0 Å². The highest BCUT2D eigenvalue weighted by Crippen LogP contribution is 2.57. The first-order valence-electron chi connectivity index (χ1n) is 15.0. The largest absolute Gasteiger partial charge is 0.493 e. The maximum atomic E-state index is 12.8. The van der Waals surface area contributed by atoms with Crippen molar-refractivity contribution in [3.63, 3.8) is 0 Å². The lowest BCUT2D eigenvalue weighted by molar-refractivity contribution is -0.134. The van der Waals surface area contributed by atoms with Gasteiger partial charge in [-0.3, -0.25) is 4.79 Å². The molecule has 0 saturated heterocycles. The van der Waals surface area contributed by atoms with Crippen molar-refractivity contribution < 1.29 is 47.6 Å². The van der Waals surface area contributed by atoms with E-state index >= 15 is 0 Å². The second kappa shape index (κ2) is 13.1. The molecule has 1 amide bonds. The molecular formula is C33H37NO10S. The number of carboxylic acid groups (broad SMARTS) is 2. The Morgan fingerprint density at radius 3 is 2.51 bits per heavy atom. The summed E-state index contributed by atoms with van der Waals surface area (Å²) in [7, 11) is -2.06. The Bertz CT molecular complexity index is 1630. The van der Waals surface area contributed by atoms with Gasteiger partial charge in [0.15, 0.2) is 11.5 Å². The van der Waals surface area contributed by atoms with Gasteiger partial charge in [-0.05, 0) is 55.4 Å². The van der Waals surface area contributed by atoms with E-state index in [9.17, 15) is 27.9 Å². The molecule has 0 fully saturated rings. The molecule has 6 rings (SSSR count). The summed E-state index contributed by atoms with van der Waals surface area (Å²) in [5, 5.41) is 25.9. The SMILES string of the molecule is COc1ccc2c3c1OC1CC(O)C=CC31CCC(CCCCCN1C(=O)c3ccccc3S1(=O)=O)C2.O=C(O)/C=C/C(=O)O. The number of carboxylic acids is 2. The first-order valence-corrected chi connectivity index (χ1v) is 16.5. The molecule has 45 heavy (non-hydrogen) atoms. The molecule has 2 aliphatic carbocycles. The van der Waals surface area contributed by atoms with Gasteiger partial charge in [0, 0.05) is 30.7 Å². The zero-order valence-corrected chi connectivity index (χ0v) is 25.7. The Hall–Kier alpha value is -4.16. The van der Waals surface area contributed by atoms with Crippen LogP contribution in [0.1, 0.15) is 66.4 Å². The number of hydrogen-bond acceptors (Lipinski definition) is 8. The molecule has 2 aromatic rings. The van der Waals surface area contributed by atoms with Gasteiger partial charge in [0.05, 0.1) is 24.2 Å². The van der Waals surface area contributed by atoms with E-state index < -0.39 is 34.0 Å². The van der Waals surface area contributed by atoms with Crippen LogP contribution in [0.3, 0.4) is 0 Å². The average molecular weight is 640 g/mol. The van der Waals surface area contributed by atoms with Gasteiger partial charge in [-0.15, -0.1) is 0 Å². The monoisotopic (exact) mass is 639 g/mol. The van der Waals surface area contributed by atoms with E-state index in [2.05, 4.69) is 12.1 Å². The average Bonchev–Trinajstić information content (AvgIpc) is 3.36. The molecule has 240 valence electrons. The molecule has 4 aliphatic rings. The smallest absolute Gasteiger partial charge is 0.328 e. The summed E-state index contributed by atoms with van der Waals surface area (Å²) < 4.78 is 38.6. The fourth-order valence-corrected chi connectivity index (χ4v) is 8.54. The summed E-state index contributed by atoms with van der Waals surface area (Å²) in [6.45, 7) is 0.224. The molecular weight excluding hydrogens is 602 g/mol. The van der Waals surface area contributed by atoms with Crippen LogP contribution in [-0.2, 0) is 31.4 Å². The standard InChI is InChI=1S/C29H33NO6S.C4H4O4/c1-35-23-11-10-20-17-19(12-14-29-15-13-21(31)18-25(29)36-27(23)26(20)29)7-3-2-6-16-30-28(32)22-8-4-5-9-24(22)37(30,33)34;5-3(6)1-2-4(7)8/h4-5,8-11,13,15,19,21,25,31H,2-3,6-7,12,14,16-18H2,1H3;1-2H,(H,5,6)(H,7,8)/b;2-1+. The van der Waals surface area contributed by atoms with Gasteiger partial charge in [0.2, 0.25) is 0 Å². The molecule has 2 aliphatic heterocycles. The zero-order chi connectivity index (χ0) is 32.4. The number of aliphatic hydroxyl groups excluding tert-OH is 1. The normalized spacial score (nSPS) is 25.3. The van der Waals surface area contributed by atoms with E-state index in [1.54, 1.807) is 25.3 Å². The molecule has 11 nitrogen and oxygen atoms in total. The highest BCUT2D eigenvalue weighted by Gasteiger charge is 2.52. The fourth-order valence-electron chi connectivity index (χ4n) is 6.93. The number of ether oxygens (including phenoxy) is 2. The Morgan fingerprint density at radius 2 is 1.82 bits per heavy atom. The Labute approximate surface area is 261 Å². The molecule has 2 heterocycles. The van der Waals surface area contributed by atoms with Gasteiger partial charge in [-0.25, -0.2) is 22.3 Å². The Morgan fingerprint density at radius 1 is 1.09 bits per heavy atom. The van der Waals surface area contributed by atoms with Gasteiger partial charge >= 0.3 is 11.9 Å². The lowest BCUT2D eigenvalue weighted by Gasteiger charge is -2.36. The Kier molecular flexibility index (Phi) is 9.36. The summed E-state index contributed by atoms with van der Waals surface area (Å²) in [6, 6.07) is 10.6. The van der Waals surface area contributed by atoms with Crippen LogP contribution in [-0.4, -0.2) is 71.8 Å². The molecule has 0 aromatic heterocycles. The third-order valence-corrected chi connectivity index (χ3v) is 10.9. The number of fused-ring (bicyclic) bond motifs is 1. The third kappa shape index (κ3) is 6.34. The predicted molar refractivity (Wildman–Crippen MR) is 163 cm³/mol. The van der Waals surface area contributed by atoms with Gasteiger partial charge in [-0.2, -0.15) is 0 Å².